The van der Waals surface area contributed by atoms with E-state index in [9.17, 15) is 9.59 Å². The van der Waals surface area contributed by atoms with Gasteiger partial charge in [0.1, 0.15) is 0 Å². The van der Waals surface area contributed by atoms with Crippen molar-refractivity contribution < 1.29 is 14.4 Å². The minimum Gasteiger partial charge on any atom is -0.367 e. The SMILES string of the molecule is CC(C)(C)C(=O)ON1CC(CC(=O)NN)C1. The van der Waals surface area contributed by atoms with Crippen LogP contribution in [0.25, 0.3) is 0 Å². The van der Waals surface area contributed by atoms with Crippen molar-refractivity contribution in [2.45, 2.75) is 27.2 Å². The smallest absolute Gasteiger partial charge is 0.330 e. The lowest BCUT2D eigenvalue weighted by Gasteiger charge is -2.37. The summed E-state index contributed by atoms with van der Waals surface area (Å²) in [5, 5.41) is 1.57. The number of carbonyl (C=O) groups excluding carboxylic acids is 2. The van der Waals surface area contributed by atoms with Crippen LogP contribution >= 0.6 is 0 Å². The molecule has 1 heterocycles. The molecular formula is C10H19N3O3. The molecule has 0 bridgehead atoms. The molecule has 6 nitrogen and oxygen atoms in total. The van der Waals surface area contributed by atoms with Gasteiger partial charge in [0.15, 0.2) is 0 Å². The van der Waals surface area contributed by atoms with Gasteiger partial charge in [-0.3, -0.25) is 10.2 Å². The molecule has 0 spiro atoms. The average Bonchev–Trinajstić information content (AvgIpc) is 2.12. The summed E-state index contributed by atoms with van der Waals surface area (Å²) in [6.07, 6.45) is 0.375. The van der Waals surface area contributed by atoms with E-state index in [-0.39, 0.29) is 17.8 Å². The molecule has 1 saturated heterocycles. The molecule has 0 atom stereocenters. The molecule has 0 unspecified atom stereocenters. The predicted molar refractivity (Wildman–Crippen MR) is 57.6 cm³/mol. The van der Waals surface area contributed by atoms with Crippen LogP contribution in [0, 0.1) is 11.3 Å². The summed E-state index contributed by atoms with van der Waals surface area (Å²) in [6, 6.07) is 0. The second-order valence-electron chi connectivity index (χ2n) is 5.11. The normalized spacial score (nSPS) is 17.8. The quantitative estimate of drug-likeness (QED) is 0.398. The number of hydroxylamine groups is 2. The molecule has 1 aliphatic rings. The molecule has 1 aliphatic heterocycles. The number of hydrazine groups is 1. The van der Waals surface area contributed by atoms with Crippen LogP contribution in [0.2, 0.25) is 0 Å². The van der Waals surface area contributed by atoms with E-state index in [0.29, 0.717) is 19.5 Å². The monoisotopic (exact) mass is 229 g/mol. The van der Waals surface area contributed by atoms with Crippen LogP contribution in [0.3, 0.4) is 0 Å². The molecule has 0 aromatic rings. The van der Waals surface area contributed by atoms with Gasteiger partial charge in [0.05, 0.1) is 5.41 Å². The highest BCUT2D eigenvalue weighted by Crippen LogP contribution is 2.23. The maximum absolute atomic E-state index is 11.5. The Hall–Kier alpha value is -1.14. The molecule has 3 N–H and O–H groups in total. The minimum atomic E-state index is -0.500. The zero-order valence-electron chi connectivity index (χ0n) is 9.95. The second-order valence-corrected chi connectivity index (χ2v) is 5.11. The lowest BCUT2D eigenvalue weighted by atomic mass is 9.97. The summed E-state index contributed by atoms with van der Waals surface area (Å²) >= 11 is 0. The number of hydrogen-bond acceptors (Lipinski definition) is 5. The summed E-state index contributed by atoms with van der Waals surface area (Å²) in [4.78, 5) is 27.6. The van der Waals surface area contributed by atoms with Gasteiger partial charge in [-0.1, -0.05) is 0 Å². The van der Waals surface area contributed by atoms with Crippen LogP contribution < -0.4 is 11.3 Å². The first kappa shape index (κ1) is 12.9. The van der Waals surface area contributed by atoms with Crippen molar-refractivity contribution in [3.05, 3.63) is 0 Å². The first-order valence-electron chi connectivity index (χ1n) is 5.29. The maximum atomic E-state index is 11.5. The lowest BCUT2D eigenvalue weighted by molar-refractivity contribution is -0.228. The Bertz CT molecular complexity index is 280. The van der Waals surface area contributed by atoms with E-state index in [2.05, 4.69) is 5.43 Å². The highest BCUT2D eigenvalue weighted by Gasteiger charge is 2.34. The van der Waals surface area contributed by atoms with E-state index < -0.39 is 5.41 Å². The van der Waals surface area contributed by atoms with Crippen LogP contribution in [0.1, 0.15) is 27.2 Å². The molecule has 1 fully saturated rings. The summed E-state index contributed by atoms with van der Waals surface area (Å²) in [6.45, 7) is 6.59. The summed E-state index contributed by atoms with van der Waals surface area (Å²) in [7, 11) is 0. The highest BCUT2D eigenvalue weighted by atomic mass is 16.7. The fourth-order valence-corrected chi connectivity index (χ4v) is 1.30. The van der Waals surface area contributed by atoms with Crippen LogP contribution in [0.4, 0.5) is 0 Å². The Kier molecular flexibility index (Phi) is 3.88. The largest absolute Gasteiger partial charge is 0.367 e. The van der Waals surface area contributed by atoms with E-state index >= 15 is 0 Å². The van der Waals surface area contributed by atoms with Gasteiger partial charge in [-0.25, -0.2) is 10.6 Å². The van der Waals surface area contributed by atoms with E-state index in [1.807, 2.05) is 0 Å². The molecule has 0 saturated carbocycles. The van der Waals surface area contributed by atoms with Crippen LogP contribution in [0.5, 0.6) is 0 Å². The van der Waals surface area contributed by atoms with Crippen molar-refractivity contribution >= 4 is 11.9 Å². The molecule has 0 aromatic carbocycles. The molecule has 1 amide bonds. The topological polar surface area (TPSA) is 84.7 Å². The standard InChI is InChI=1S/C10H19N3O3/c1-10(2,3)9(15)16-13-5-7(6-13)4-8(14)12-11/h7H,4-6,11H2,1-3H3,(H,12,14). The van der Waals surface area contributed by atoms with Crippen molar-refractivity contribution in [3.63, 3.8) is 0 Å². The first-order valence-corrected chi connectivity index (χ1v) is 5.29. The van der Waals surface area contributed by atoms with Crippen molar-refractivity contribution in [1.82, 2.24) is 10.5 Å². The van der Waals surface area contributed by atoms with Gasteiger partial charge in [0, 0.05) is 19.5 Å². The van der Waals surface area contributed by atoms with Gasteiger partial charge in [-0.2, -0.15) is 0 Å². The fourth-order valence-electron chi connectivity index (χ4n) is 1.30. The number of nitrogens with one attached hydrogen (secondary N) is 1. The molecule has 92 valence electrons. The Morgan fingerprint density at radius 3 is 2.44 bits per heavy atom. The Morgan fingerprint density at radius 1 is 1.44 bits per heavy atom. The van der Waals surface area contributed by atoms with E-state index in [0.717, 1.165) is 0 Å². The molecule has 6 heteroatoms. The predicted octanol–water partition coefficient (Wildman–Crippen LogP) is -0.197. The Balaban J connectivity index is 2.22. The van der Waals surface area contributed by atoms with Gasteiger partial charge in [-0.15, -0.1) is 5.06 Å². The molecule has 16 heavy (non-hydrogen) atoms. The van der Waals surface area contributed by atoms with Crippen LogP contribution in [0.15, 0.2) is 0 Å². The molecule has 1 rings (SSSR count). The summed E-state index contributed by atoms with van der Waals surface area (Å²) < 4.78 is 0. The molecule has 0 aliphatic carbocycles. The van der Waals surface area contributed by atoms with E-state index in [1.54, 1.807) is 25.8 Å². The lowest BCUT2D eigenvalue weighted by Crippen LogP contribution is -2.50. The maximum Gasteiger partial charge on any atom is 0.330 e. The zero-order valence-corrected chi connectivity index (χ0v) is 9.95. The van der Waals surface area contributed by atoms with Crippen molar-refractivity contribution in [3.8, 4) is 0 Å². The van der Waals surface area contributed by atoms with Gasteiger partial charge >= 0.3 is 5.97 Å². The van der Waals surface area contributed by atoms with E-state index in [4.69, 9.17) is 10.7 Å². The molecule has 0 radical (unpaired) electrons. The van der Waals surface area contributed by atoms with Crippen molar-refractivity contribution in [2.24, 2.45) is 17.2 Å². The van der Waals surface area contributed by atoms with Gasteiger partial charge in [0.25, 0.3) is 0 Å². The summed E-state index contributed by atoms with van der Waals surface area (Å²) in [5.74, 6) is 4.75. The zero-order chi connectivity index (χ0) is 12.3. The first-order chi connectivity index (χ1) is 7.32. The van der Waals surface area contributed by atoms with E-state index in [1.165, 1.54) is 0 Å². The number of rotatable bonds is 3. The molecular weight excluding hydrogens is 210 g/mol. The van der Waals surface area contributed by atoms with Crippen molar-refractivity contribution in [2.75, 3.05) is 13.1 Å². The Morgan fingerprint density at radius 2 is 2.00 bits per heavy atom. The number of hydrogen-bond donors (Lipinski definition) is 2. The average molecular weight is 229 g/mol. The summed E-state index contributed by atoms with van der Waals surface area (Å²) in [5.41, 5.74) is 1.58. The van der Waals surface area contributed by atoms with Crippen molar-refractivity contribution in [1.29, 1.82) is 0 Å². The van der Waals surface area contributed by atoms with Gasteiger partial charge in [-0.05, 0) is 26.7 Å². The highest BCUT2D eigenvalue weighted by molar-refractivity contribution is 5.76. The third kappa shape index (κ3) is 3.46. The third-order valence-corrected chi connectivity index (χ3v) is 2.38. The second kappa shape index (κ2) is 4.80. The van der Waals surface area contributed by atoms with Crippen LogP contribution in [-0.2, 0) is 14.4 Å². The Labute approximate surface area is 95.0 Å². The number of carbonyl (C=O) groups is 2. The van der Waals surface area contributed by atoms with Gasteiger partial charge in [0.2, 0.25) is 5.91 Å². The third-order valence-electron chi connectivity index (χ3n) is 2.38. The number of amides is 1. The minimum absolute atomic E-state index is 0.188. The van der Waals surface area contributed by atoms with Crippen LogP contribution in [-0.4, -0.2) is 30.0 Å². The molecule has 0 aromatic heterocycles. The van der Waals surface area contributed by atoms with Gasteiger partial charge < -0.3 is 4.84 Å². The fraction of sp³-hybridized carbons (Fsp3) is 0.800. The number of nitrogens with zero attached hydrogens (tertiary/aromatic N) is 1. The number of nitrogens with two attached hydrogens (primary N) is 1.